The van der Waals surface area contributed by atoms with Gasteiger partial charge < -0.3 is 15.1 Å². The fourth-order valence-corrected chi connectivity index (χ4v) is 5.77. The summed E-state index contributed by atoms with van der Waals surface area (Å²) in [6.45, 7) is 11.3. The Labute approximate surface area is 218 Å². The zero-order chi connectivity index (χ0) is 25.4. The van der Waals surface area contributed by atoms with Gasteiger partial charge in [0.05, 0.1) is 17.4 Å². The van der Waals surface area contributed by atoms with E-state index in [4.69, 9.17) is 4.98 Å². The van der Waals surface area contributed by atoms with Gasteiger partial charge in [-0.2, -0.15) is 5.10 Å². The molecule has 1 aromatic carbocycles. The number of hydrogen-bond acceptors (Lipinski definition) is 7. The van der Waals surface area contributed by atoms with Crippen molar-refractivity contribution >= 4 is 22.8 Å². The molecule has 8 nitrogen and oxygen atoms in total. The van der Waals surface area contributed by atoms with E-state index < -0.39 is 0 Å². The number of hydrogen-bond donors (Lipinski definition) is 1. The summed E-state index contributed by atoms with van der Waals surface area (Å²) in [5.41, 5.74) is 7.58. The maximum atomic E-state index is 4.87. The number of aryl methyl sites for hydroxylation is 2. The third-order valence-electron chi connectivity index (χ3n) is 7.97. The highest BCUT2D eigenvalue weighted by Gasteiger charge is 2.27. The van der Waals surface area contributed by atoms with Crippen molar-refractivity contribution in [1.82, 2.24) is 29.4 Å². The molecule has 0 radical (unpaired) electrons. The number of aromatic nitrogens is 4. The fraction of sp³-hybridized carbons (Fsp3) is 0.414. The molecule has 192 valence electrons. The Morgan fingerprint density at radius 1 is 0.892 bits per heavy atom. The molecule has 2 aliphatic heterocycles. The molecule has 5 heterocycles. The van der Waals surface area contributed by atoms with Crippen LogP contribution in [0.4, 0.5) is 17.3 Å². The van der Waals surface area contributed by atoms with Crippen LogP contribution >= 0.6 is 0 Å². The van der Waals surface area contributed by atoms with Gasteiger partial charge in [-0.15, -0.1) is 0 Å². The second kappa shape index (κ2) is 10.1. The molecule has 0 atom stereocenters. The first-order valence-corrected chi connectivity index (χ1v) is 13.4. The standard InChI is InChI=1S/C29H36N8/c1-21-18-23(7-8-26(21)36-12-9-24(10-13-36)35-16-14-34(3)15-17-35)32-29-30-19-22(2)28(33-29)25-20-31-37-11-5-4-6-27(25)37/h4-8,11,18-20,24H,9-10,12-17H2,1-3H3,(H,30,32,33). The van der Waals surface area contributed by atoms with Crippen LogP contribution in [-0.2, 0) is 0 Å². The van der Waals surface area contributed by atoms with Crippen molar-refractivity contribution in [2.24, 2.45) is 0 Å². The van der Waals surface area contributed by atoms with E-state index in [0.717, 1.165) is 47.2 Å². The van der Waals surface area contributed by atoms with Crippen LogP contribution in [0.1, 0.15) is 24.0 Å². The molecule has 37 heavy (non-hydrogen) atoms. The van der Waals surface area contributed by atoms with Crippen LogP contribution in [0.25, 0.3) is 16.8 Å². The van der Waals surface area contributed by atoms with E-state index in [2.05, 4.69) is 68.3 Å². The molecule has 0 amide bonds. The second-order valence-electron chi connectivity index (χ2n) is 10.5. The van der Waals surface area contributed by atoms with E-state index >= 15 is 0 Å². The molecule has 0 saturated carbocycles. The van der Waals surface area contributed by atoms with E-state index in [1.54, 1.807) is 0 Å². The first-order valence-electron chi connectivity index (χ1n) is 13.4. The first kappa shape index (κ1) is 23.9. The minimum atomic E-state index is 0.594. The average Bonchev–Trinajstić information content (AvgIpc) is 3.35. The summed E-state index contributed by atoms with van der Waals surface area (Å²) < 4.78 is 1.88. The Kier molecular flexibility index (Phi) is 6.52. The van der Waals surface area contributed by atoms with E-state index in [1.165, 1.54) is 50.3 Å². The third-order valence-corrected chi connectivity index (χ3v) is 7.97. The fourth-order valence-electron chi connectivity index (χ4n) is 5.77. The monoisotopic (exact) mass is 496 g/mol. The Bertz CT molecular complexity index is 1380. The Hall–Kier alpha value is -3.49. The van der Waals surface area contributed by atoms with Crippen LogP contribution in [0.5, 0.6) is 0 Å². The second-order valence-corrected chi connectivity index (χ2v) is 10.5. The maximum Gasteiger partial charge on any atom is 0.227 e. The molecule has 0 spiro atoms. The highest BCUT2D eigenvalue weighted by Crippen LogP contribution is 2.30. The van der Waals surface area contributed by atoms with Crippen LogP contribution in [0.3, 0.4) is 0 Å². The highest BCUT2D eigenvalue weighted by molar-refractivity contribution is 5.79. The van der Waals surface area contributed by atoms with Gasteiger partial charge >= 0.3 is 0 Å². The number of rotatable bonds is 5. The summed E-state index contributed by atoms with van der Waals surface area (Å²) in [4.78, 5) is 17.1. The predicted molar refractivity (Wildman–Crippen MR) is 150 cm³/mol. The number of fused-ring (bicyclic) bond motifs is 1. The summed E-state index contributed by atoms with van der Waals surface area (Å²) in [5, 5.41) is 7.90. The largest absolute Gasteiger partial charge is 0.371 e. The number of benzene rings is 1. The zero-order valence-electron chi connectivity index (χ0n) is 22.1. The van der Waals surface area contributed by atoms with Gasteiger partial charge in [0.1, 0.15) is 0 Å². The molecule has 1 N–H and O–H groups in total. The van der Waals surface area contributed by atoms with Gasteiger partial charge in [0.2, 0.25) is 5.95 Å². The summed E-state index contributed by atoms with van der Waals surface area (Å²) in [7, 11) is 2.23. The van der Waals surface area contributed by atoms with Gasteiger partial charge in [-0.1, -0.05) is 6.07 Å². The number of nitrogens with zero attached hydrogens (tertiary/aromatic N) is 7. The van der Waals surface area contributed by atoms with Gasteiger partial charge in [-0.05, 0) is 75.2 Å². The van der Waals surface area contributed by atoms with Crippen molar-refractivity contribution in [2.75, 3.05) is 56.5 Å². The van der Waals surface area contributed by atoms with E-state index in [0.29, 0.717) is 5.95 Å². The number of anilines is 3. The van der Waals surface area contributed by atoms with Gasteiger partial charge in [-0.3, -0.25) is 4.90 Å². The Morgan fingerprint density at radius 3 is 2.49 bits per heavy atom. The molecule has 6 rings (SSSR count). The molecule has 2 fully saturated rings. The summed E-state index contributed by atoms with van der Waals surface area (Å²) >= 11 is 0. The topological polar surface area (TPSA) is 64.8 Å². The maximum absolute atomic E-state index is 4.87. The number of piperidine rings is 1. The lowest BCUT2D eigenvalue weighted by atomic mass is 10.0. The van der Waals surface area contributed by atoms with Gasteiger partial charge in [-0.25, -0.2) is 14.5 Å². The van der Waals surface area contributed by atoms with E-state index in [-0.39, 0.29) is 0 Å². The Balaban J connectivity index is 1.14. The molecule has 3 aromatic heterocycles. The minimum absolute atomic E-state index is 0.594. The van der Waals surface area contributed by atoms with Gasteiger partial charge in [0.25, 0.3) is 0 Å². The molecular formula is C29H36N8. The molecule has 4 aromatic rings. The van der Waals surface area contributed by atoms with Crippen LogP contribution in [0, 0.1) is 13.8 Å². The predicted octanol–water partition coefficient (Wildman–Crippen LogP) is 4.37. The van der Waals surface area contributed by atoms with Crippen molar-refractivity contribution < 1.29 is 0 Å². The first-order chi connectivity index (χ1) is 18.0. The van der Waals surface area contributed by atoms with Crippen LogP contribution in [-0.4, -0.2) is 81.7 Å². The minimum Gasteiger partial charge on any atom is -0.371 e. The molecule has 2 aliphatic rings. The van der Waals surface area contributed by atoms with Crippen molar-refractivity contribution in [3.8, 4) is 11.3 Å². The van der Waals surface area contributed by atoms with Gasteiger partial charge in [0, 0.05) is 74.6 Å². The summed E-state index contributed by atoms with van der Waals surface area (Å²) in [6.07, 6.45) is 8.19. The van der Waals surface area contributed by atoms with Crippen LogP contribution < -0.4 is 10.2 Å². The lowest BCUT2D eigenvalue weighted by Crippen LogP contribution is -2.52. The number of pyridine rings is 1. The quantitative estimate of drug-likeness (QED) is 0.440. The number of likely N-dealkylation sites (N-methyl/N-ethyl adjacent to an activating group) is 1. The summed E-state index contributed by atoms with van der Waals surface area (Å²) in [5.74, 6) is 0.594. The van der Waals surface area contributed by atoms with E-state index in [1.807, 2.05) is 42.2 Å². The average molecular weight is 497 g/mol. The lowest BCUT2D eigenvalue weighted by Gasteiger charge is -2.43. The molecule has 8 heteroatoms. The van der Waals surface area contributed by atoms with Crippen molar-refractivity contribution in [1.29, 1.82) is 0 Å². The van der Waals surface area contributed by atoms with Crippen LogP contribution in [0.15, 0.2) is 55.0 Å². The zero-order valence-corrected chi connectivity index (χ0v) is 22.1. The summed E-state index contributed by atoms with van der Waals surface area (Å²) in [6, 6.07) is 13.4. The van der Waals surface area contributed by atoms with Crippen molar-refractivity contribution in [2.45, 2.75) is 32.7 Å². The molecule has 0 unspecified atom stereocenters. The van der Waals surface area contributed by atoms with Crippen LogP contribution in [0.2, 0.25) is 0 Å². The third kappa shape index (κ3) is 4.91. The van der Waals surface area contributed by atoms with Crippen molar-refractivity contribution in [3.05, 3.63) is 66.1 Å². The SMILES string of the molecule is Cc1cc(Nc2ncc(C)c(-c3cnn4ccccc34)n2)ccc1N1CCC(N2CCN(C)CC2)CC1. The number of nitrogens with one attached hydrogen (secondary N) is 1. The van der Waals surface area contributed by atoms with Gasteiger partial charge in [0.15, 0.2) is 0 Å². The molecule has 0 bridgehead atoms. The number of piperazine rings is 1. The molecular weight excluding hydrogens is 460 g/mol. The smallest absolute Gasteiger partial charge is 0.227 e. The van der Waals surface area contributed by atoms with E-state index in [9.17, 15) is 0 Å². The normalized spacial score (nSPS) is 18.0. The highest BCUT2D eigenvalue weighted by atomic mass is 15.3. The molecule has 0 aliphatic carbocycles. The van der Waals surface area contributed by atoms with Crippen molar-refractivity contribution in [3.63, 3.8) is 0 Å². The molecule has 2 saturated heterocycles. The lowest BCUT2D eigenvalue weighted by molar-refractivity contribution is 0.0982. The Morgan fingerprint density at radius 2 is 1.70 bits per heavy atom.